The van der Waals surface area contributed by atoms with Crippen molar-refractivity contribution in [1.82, 2.24) is 0 Å². The van der Waals surface area contributed by atoms with Crippen LogP contribution in [0.5, 0.6) is 11.5 Å². The van der Waals surface area contributed by atoms with Crippen molar-refractivity contribution in [2.75, 3.05) is 7.11 Å². The first-order valence-corrected chi connectivity index (χ1v) is 2.83. The third-order valence-electron chi connectivity index (χ3n) is 1.04. The minimum atomic E-state index is 0.0735. The lowest BCUT2D eigenvalue weighted by molar-refractivity contribution is -0.179. The molecule has 0 aliphatic heterocycles. The maximum atomic E-state index is 9.04. The predicted octanol–water partition coefficient (Wildman–Crippen LogP) is 1.33. The minimum absolute atomic E-state index is 0.0735. The van der Waals surface area contributed by atoms with E-state index in [1.54, 1.807) is 18.2 Å². The van der Waals surface area contributed by atoms with Gasteiger partial charge in [0.15, 0.2) is 5.75 Å². The Kier molecular flexibility index (Phi) is 2.12. The van der Waals surface area contributed by atoms with Crippen LogP contribution < -0.4 is 4.89 Å². The second kappa shape index (κ2) is 3.08. The maximum absolute atomic E-state index is 9.04. The molecule has 0 aromatic heterocycles. The molecule has 10 heavy (non-hydrogen) atoms. The van der Waals surface area contributed by atoms with Gasteiger partial charge >= 0.3 is 0 Å². The molecule has 0 spiro atoms. The van der Waals surface area contributed by atoms with Gasteiger partial charge in [-0.05, 0) is 12.1 Å². The van der Waals surface area contributed by atoms with E-state index in [-0.39, 0.29) is 5.75 Å². The molecule has 1 aromatic carbocycles. The molecule has 0 saturated carbocycles. The molecule has 1 rings (SSSR count). The lowest BCUT2D eigenvalue weighted by Gasteiger charge is -2.00. The summed E-state index contributed by atoms with van der Waals surface area (Å²) in [4.78, 5) is 8.94. The van der Waals surface area contributed by atoms with Gasteiger partial charge in [0.2, 0.25) is 5.75 Å². The van der Waals surface area contributed by atoms with E-state index in [0.717, 1.165) is 0 Å². The summed E-state index contributed by atoms with van der Waals surface area (Å²) in [6.45, 7) is 0. The third-order valence-corrected chi connectivity index (χ3v) is 1.04. The van der Waals surface area contributed by atoms with Crippen molar-refractivity contribution in [1.29, 1.82) is 0 Å². The smallest absolute Gasteiger partial charge is 0.206 e. The van der Waals surface area contributed by atoms with Gasteiger partial charge in [0.05, 0.1) is 7.11 Å². The molecular weight excluding hydrogens is 132 g/mol. The van der Waals surface area contributed by atoms with Crippen LogP contribution in [-0.4, -0.2) is 12.2 Å². The lowest BCUT2D eigenvalue weighted by atomic mass is 10.3. The van der Waals surface area contributed by atoms with Crippen molar-refractivity contribution in [3.05, 3.63) is 24.3 Å². The molecule has 54 valence electrons. The van der Waals surface area contributed by atoms with Crippen LogP contribution in [0, 0.1) is 0 Å². The number of benzene rings is 1. The van der Waals surface area contributed by atoms with Crippen molar-refractivity contribution in [3.63, 3.8) is 0 Å². The van der Waals surface area contributed by atoms with Gasteiger partial charge in [0.25, 0.3) is 0 Å². The second-order valence-electron chi connectivity index (χ2n) is 1.72. The highest BCUT2D eigenvalue weighted by Gasteiger charge is 1.98. The van der Waals surface area contributed by atoms with E-state index in [1.165, 1.54) is 13.2 Å². The molecule has 3 nitrogen and oxygen atoms in total. The van der Waals surface area contributed by atoms with Crippen molar-refractivity contribution in [2.45, 2.75) is 0 Å². The van der Waals surface area contributed by atoms with Crippen molar-refractivity contribution in [2.24, 2.45) is 0 Å². The summed E-state index contributed by atoms with van der Waals surface area (Å²) in [6.07, 6.45) is 0. The van der Waals surface area contributed by atoms with E-state index >= 15 is 0 Å². The molecule has 0 saturated heterocycles. The van der Waals surface area contributed by atoms with Crippen LogP contribution in [0.2, 0.25) is 0 Å². The summed E-state index contributed by atoms with van der Waals surface area (Å²) < 4.78 is 0. The molecule has 0 aliphatic rings. The van der Waals surface area contributed by atoms with Crippen LogP contribution in [0.25, 0.3) is 0 Å². The van der Waals surface area contributed by atoms with Gasteiger partial charge in [0, 0.05) is 0 Å². The summed E-state index contributed by atoms with van der Waals surface area (Å²) >= 11 is 0. The van der Waals surface area contributed by atoms with Crippen molar-refractivity contribution >= 4 is 0 Å². The number of hydrogen-bond acceptors (Lipinski definition) is 3. The van der Waals surface area contributed by atoms with E-state index in [1.807, 2.05) is 0 Å². The lowest BCUT2D eigenvalue weighted by Crippen LogP contribution is -1.89. The zero-order valence-electron chi connectivity index (χ0n) is 5.57. The van der Waals surface area contributed by atoms with Gasteiger partial charge in [-0.2, -0.15) is 4.89 Å². The number of phenols is 1. The monoisotopic (exact) mass is 140 g/mol. The summed E-state index contributed by atoms with van der Waals surface area (Å²) in [5.74, 6) is 0.398. The van der Waals surface area contributed by atoms with Crippen LogP contribution in [0.3, 0.4) is 0 Å². The summed E-state index contributed by atoms with van der Waals surface area (Å²) in [6, 6.07) is 6.58. The Hall–Kier alpha value is -1.22. The Labute approximate surface area is 58.7 Å². The van der Waals surface area contributed by atoms with E-state index in [2.05, 4.69) is 9.78 Å². The summed E-state index contributed by atoms with van der Waals surface area (Å²) in [5, 5.41) is 9.04. The first-order chi connectivity index (χ1) is 4.84. The highest BCUT2D eigenvalue weighted by atomic mass is 17.2. The first-order valence-electron chi connectivity index (χ1n) is 2.83. The minimum Gasteiger partial charge on any atom is -0.504 e. The molecule has 0 amide bonds. The molecule has 0 unspecified atom stereocenters. The number of hydrogen-bond donors (Lipinski definition) is 1. The normalized spacial score (nSPS) is 9.30. The Morgan fingerprint density at radius 1 is 1.30 bits per heavy atom. The molecule has 3 heteroatoms. The van der Waals surface area contributed by atoms with Crippen LogP contribution in [0.15, 0.2) is 24.3 Å². The van der Waals surface area contributed by atoms with E-state index < -0.39 is 0 Å². The van der Waals surface area contributed by atoms with E-state index in [0.29, 0.717) is 5.75 Å². The van der Waals surface area contributed by atoms with Crippen LogP contribution in [0.1, 0.15) is 0 Å². The molecule has 0 atom stereocenters. The van der Waals surface area contributed by atoms with Gasteiger partial charge in [-0.15, -0.1) is 0 Å². The Morgan fingerprint density at radius 3 is 2.60 bits per heavy atom. The molecule has 0 bridgehead atoms. The molecule has 0 aliphatic carbocycles. The highest BCUT2D eigenvalue weighted by Crippen LogP contribution is 2.23. The Bertz CT molecular complexity index is 210. The zero-order chi connectivity index (χ0) is 7.40. The fourth-order valence-electron chi connectivity index (χ4n) is 0.617. The Balaban J connectivity index is 2.81. The standard InChI is InChI=1S/C7H8O3/c1-9-10-7-5-3-2-4-6(7)8/h2-5,8H,1H3. The van der Waals surface area contributed by atoms with Crippen molar-refractivity contribution in [3.8, 4) is 11.5 Å². The van der Waals surface area contributed by atoms with Gasteiger partial charge in [-0.3, -0.25) is 0 Å². The average Bonchev–Trinajstić information content (AvgIpc) is 1.94. The topological polar surface area (TPSA) is 38.7 Å². The van der Waals surface area contributed by atoms with Gasteiger partial charge in [0.1, 0.15) is 0 Å². The predicted molar refractivity (Wildman–Crippen MR) is 35.7 cm³/mol. The second-order valence-corrected chi connectivity index (χ2v) is 1.72. The van der Waals surface area contributed by atoms with Gasteiger partial charge in [-0.1, -0.05) is 12.1 Å². The van der Waals surface area contributed by atoms with E-state index in [4.69, 9.17) is 5.11 Å². The molecular formula is C7H8O3. The SMILES string of the molecule is COOc1ccccc1O. The maximum Gasteiger partial charge on any atom is 0.206 e. The molecule has 0 fully saturated rings. The van der Waals surface area contributed by atoms with Crippen LogP contribution >= 0.6 is 0 Å². The quantitative estimate of drug-likeness (QED) is 0.497. The number of rotatable bonds is 2. The van der Waals surface area contributed by atoms with Crippen LogP contribution in [0.4, 0.5) is 0 Å². The Morgan fingerprint density at radius 2 is 2.00 bits per heavy atom. The number of aromatic hydroxyl groups is 1. The van der Waals surface area contributed by atoms with E-state index in [9.17, 15) is 0 Å². The van der Waals surface area contributed by atoms with Crippen LogP contribution in [-0.2, 0) is 4.89 Å². The average molecular weight is 140 g/mol. The summed E-state index contributed by atoms with van der Waals surface area (Å²) in [7, 11) is 1.38. The molecule has 1 aromatic rings. The molecule has 1 N–H and O–H groups in total. The highest BCUT2D eigenvalue weighted by molar-refractivity contribution is 5.37. The van der Waals surface area contributed by atoms with Crippen molar-refractivity contribution < 1.29 is 14.9 Å². The first kappa shape index (κ1) is 6.89. The zero-order valence-corrected chi connectivity index (χ0v) is 5.57. The number of para-hydroxylation sites is 2. The molecule has 0 radical (unpaired) electrons. The largest absolute Gasteiger partial charge is 0.504 e. The number of phenolic OH excluding ortho intramolecular Hbond substituents is 1. The summed E-state index contributed by atoms with van der Waals surface area (Å²) in [5.41, 5.74) is 0. The third kappa shape index (κ3) is 1.39. The fraction of sp³-hybridized carbons (Fsp3) is 0.143. The molecule has 0 heterocycles. The fourth-order valence-corrected chi connectivity index (χ4v) is 0.617. The van der Waals surface area contributed by atoms with Gasteiger partial charge in [-0.25, -0.2) is 0 Å². The van der Waals surface area contributed by atoms with Gasteiger partial charge < -0.3 is 9.99 Å².